The molecule has 96 valence electrons. The van der Waals surface area contributed by atoms with Gasteiger partial charge in [-0.2, -0.15) is 5.26 Å². The van der Waals surface area contributed by atoms with Crippen molar-refractivity contribution in [1.82, 2.24) is 4.57 Å². The van der Waals surface area contributed by atoms with Crippen LogP contribution in [0.15, 0.2) is 17.1 Å². The monoisotopic (exact) mass is 248 g/mol. The Morgan fingerprint density at radius 1 is 1.56 bits per heavy atom. The molecule has 5 heteroatoms. The first-order chi connectivity index (χ1) is 8.26. The van der Waals surface area contributed by atoms with Gasteiger partial charge in [-0.1, -0.05) is 0 Å². The average Bonchev–Trinajstić information content (AvgIpc) is 2.27. The Morgan fingerprint density at radius 2 is 2.17 bits per heavy atom. The van der Waals surface area contributed by atoms with Crippen molar-refractivity contribution in [3.8, 4) is 6.07 Å². The van der Waals surface area contributed by atoms with Gasteiger partial charge in [0.1, 0.15) is 5.56 Å². The number of rotatable bonds is 4. The summed E-state index contributed by atoms with van der Waals surface area (Å²) in [6.45, 7) is 5.89. The van der Waals surface area contributed by atoms with Gasteiger partial charge in [0.15, 0.2) is 5.43 Å². The summed E-state index contributed by atoms with van der Waals surface area (Å²) < 4.78 is 1.70. The number of nitrogens with zero attached hydrogens (tertiary/aromatic N) is 2. The van der Waals surface area contributed by atoms with Crippen molar-refractivity contribution in [2.75, 3.05) is 0 Å². The molecular weight excluding hydrogens is 232 g/mol. The number of pyridine rings is 1. The second kappa shape index (κ2) is 5.05. The third-order valence-electron chi connectivity index (χ3n) is 2.85. The van der Waals surface area contributed by atoms with Crippen LogP contribution in [0.5, 0.6) is 0 Å². The van der Waals surface area contributed by atoms with E-state index in [0.29, 0.717) is 18.7 Å². The molecule has 5 nitrogen and oxygen atoms in total. The SMILES string of the molecule is Cc1cc(=O)c(C(=O)O)cn1CCC(C)(C)C#N. The molecule has 0 atom stereocenters. The van der Waals surface area contributed by atoms with Crippen LogP contribution in [0.25, 0.3) is 0 Å². The van der Waals surface area contributed by atoms with E-state index in [1.54, 1.807) is 11.5 Å². The van der Waals surface area contributed by atoms with Crippen molar-refractivity contribution >= 4 is 5.97 Å². The van der Waals surface area contributed by atoms with Gasteiger partial charge in [0.2, 0.25) is 0 Å². The van der Waals surface area contributed by atoms with Gasteiger partial charge in [0.05, 0.1) is 11.5 Å². The molecule has 0 aliphatic carbocycles. The summed E-state index contributed by atoms with van der Waals surface area (Å²) in [5.74, 6) is -1.23. The Morgan fingerprint density at radius 3 is 2.67 bits per heavy atom. The maximum atomic E-state index is 11.4. The summed E-state index contributed by atoms with van der Waals surface area (Å²) in [6, 6.07) is 3.50. The van der Waals surface area contributed by atoms with Crippen molar-refractivity contribution in [2.45, 2.75) is 33.7 Å². The minimum Gasteiger partial charge on any atom is -0.477 e. The minimum absolute atomic E-state index is 0.240. The highest BCUT2D eigenvalue weighted by Crippen LogP contribution is 2.19. The zero-order valence-corrected chi connectivity index (χ0v) is 10.7. The van der Waals surface area contributed by atoms with Crippen LogP contribution in [0.3, 0.4) is 0 Å². The number of carbonyl (C=O) groups is 1. The molecule has 0 radical (unpaired) electrons. The topological polar surface area (TPSA) is 83.1 Å². The third-order valence-corrected chi connectivity index (χ3v) is 2.85. The molecule has 1 N–H and O–H groups in total. The highest BCUT2D eigenvalue weighted by Gasteiger charge is 2.17. The minimum atomic E-state index is -1.23. The standard InChI is InChI=1S/C13H16N2O3/c1-9-6-11(16)10(12(17)18)7-15(9)5-4-13(2,3)8-14/h6-7H,4-5H2,1-3H3,(H,17,18). The Labute approximate surface area is 105 Å². The largest absolute Gasteiger partial charge is 0.477 e. The summed E-state index contributed by atoms with van der Waals surface area (Å²) in [4.78, 5) is 22.3. The highest BCUT2D eigenvalue weighted by atomic mass is 16.4. The van der Waals surface area contributed by atoms with Crippen LogP contribution in [0.4, 0.5) is 0 Å². The van der Waals surface area contributed by atoms with Gasteiger partial charge in [0.25, 0.3) is 0 Å². The predicted octanol–water partition coefficient (Wildman–Crippen LogP) is 1.79. The van der Waals surface area contributed by atoms with Gasteiger partial charge >= 0.3 is 5.97 Å². The first-order valence-corrected chi connectivity index (χ1v) is 5.62. The van der Waals surface area contributed by atoms with Crippen molar-refractivity contribution in [3.63, 3.8) is 0 Å². The maximum absolute atomic E-state index is 11.4. The number of aromatic nitrogens is 1. The molecule has 0 unspecified atom stereocenters. The molecule has 18 heavy (non-hydrogen) atoms. The van der Waals surface area contributed by atoms with Crippen molar-refractivity contribution < 1.29 is 9.90 Å². The zero-order chi connectivity index (χ0) is 13.9. The molecule has 0 amide bonds. The number of carboxylic acids is 1. The van der Waals surface area contributed by atoms with E-state index in [1.165, 1.54) is 12.3 Å². The van der Waals surface area contributed by atoms with Crippen LogP contribution in [-0.4, -0.2) is 15.6 Å². The average molecular weight is 248 g/mol. The normalized spacial score (nSPS) is 11.0. The molecule has 0 fully saturated rings. The summed E-state index contributed by atoms with van der Waals surface area (Å²) in [7, 11) is 0. The fraction of sp³-hybridized carbons (Fsp3) is 0.462. The lowest BCUT2D eigenvalue weighted by molar-refractivity contribution is 0.0694. The zero-order valence-electron chi connectivity index (χ0n) is 10.7. The quantitative estimate of drug-likeness (QED) is 0.880. The van der Waals surface area contributed by atoms with E-state index in [1.807, 2.05) is 13.8 Å². The van der Waals surface area contributed by atoms with Gasteiger partial charge in [-0.3, -0.25) is 4.79 Å². The lowest BCUT2D eigenvalue weighted by atomic mass is 9.91. The van der Waals surface area contributed by atoms with E-state index in [9.17, 15) is 9.59 Å². The first kappa shape index (κ1) is 14.0. The highest BCUT2D eigenvalue weighted by molar-refractivity contribution is 5.87. The van der Waals surface area contributed by atoms with E-state index in [4.69, 9.17) is 10.4 Å². The van der Waals surface area contributed by atoms with Gasteiger partial charge in [-0.25, -0.2) is 4.79 Å². The van der Waals surface area contributed by atoms with Gasteiger partial charge in [0, 0.05) is 24.5 Å². The number of nitriles is 1. The summed E-state index contributed by atoms with van der Waals surface area (Å²) in [5, 5.41) is 17.8. The molecule has 0 saturated heterocycles. The Balaban J connectivity index is 3.04. The number of aromatic carboxylic acids is 1. The molecule has 0 saturated carbocycles. The van der Waals surface area contributed by atoms with E-state index < -0.39 is 16.8 Å². The molecule has 1 heterocycles. The molecule has 0 bridgehead atoms. The molecule has 0 aromatic carbocycles. The second-order valence-corrected chi connectivity index (χ2v) is 4.94. The maximum Gasteiger partial charge on any atom is 0.341 e. The fourth-order valence-electron chi connectivity index (χ4n) is 1.53. The number of aryl methyl sites for hydroxylation is 2. The third kappa shape index (κ3) is 3.20. The molecular formula is C13H16N2O3. The number of hydrogen-bond acceptors (Lipinski definition) is 3. The van der Waals surface area contributed by atoms with Gasteiger partial charge < -0.3 is 9.67 Å². The van der Waals surface area contributed by atoms with Crippen LogP contribution >= 0.6 is 0 Å². The molecule has 1 aromatic rings. The lowest BCUT2D eigenvalue weighted by Crippen LogP contribution is -2.20. The van der Waals surface area contributed by atoms with Crippen molar-refractivity contribution in [2.24, 2.45) is 5.41 Å². The van der Waals surface area contributed by atoms with Gasteiger partial charge in [-0.05, 0) is 27.2 Å². The van der Waals surface area contributed by atoms with Crippen molar-refractivity contribution in [3.05, 3.63) is 33.7 Å². The first-order valence-electron chi connectivity index (χ1n) is 5.62. The molecule has 1 aromatic heterocycles. The lowest BCUT2D eigenvalue weighted by Gasteiger charge is -2.18. The second-order valence-electron chi connectivity index (χ2n) is 4.94. The van der Waals surface area contributed by atoms with Crippen LogP contribution in [0, 0.1) is 23.7 Å². The number of carboxylic acid groups (broad SMARTS) is 1. The summed E-state index contributed by atoms with van der Waals surface area (Å²) in [5.41, 5.74) is -0.510. The van der Waals surface area contributed by atoms with Crippen LogP contribution in [0.1, 0.15) is 36.3 Å². The Kier molecular flexibility index (Phi) is 3.92. The molecule has 0 aliphatic heterocycles. The summed E-state index contributed by atoms with van der Waals surface area (Å²) in [6.07, 6.45) is 1.93. The van der Waals surface area contributed by atoms with E-state index in [2.05, 4.69) is 6.07 Å². The fourth-order valence-corrected chi connectivity index (χ4v) is 1.53. The van der Waals surface area contributed by atoms with E-state index >= 15 is 0 Å². The van der Waals surface area contributed by atoms with E-state index in [0.717, 1.165) is 0 Å². The molecule has 0 spiro atoms. The van der Waals surface area contributed by atoms with E-state index in [-0.39, 0.29) is 5.56 Å². The number of hydrogen-bond donors (Lipinski definition) is 1. The van der Waals surface area contributed by atoms with Crippen molar-refractivity contribution in [1.29, 1.82) is 5.26 Å². The summed E-state index contributed by atoms with van der Waals surface area (Å²) >= 11 is 0. The Bertz CT molecular complexity index is 565. The van der Waals surface area contributed by atoms with Gasteiger partial charge in [-0.15, -0.1) is 0 Å². The smallest absolute Gasteiger partial charge is 0.341 e. The van der Waals surface area contributed by atoms with Crippen LogP contribution in [-0.2, 0) is 6.54 Å². The van der Waals surface area contributed by atoms with Crippen LogP contribution < -0.4 is 5.43 Å². The molecule has 0 aliphatic rings. The predicted molar refractivity (Wildman–Crippen MR) is 66.4 cm³/mol. The molecule has 1 rings (SSSR count). The van der Waals surface area contributed by atoms with Crippen LogP contribution in [0.2, 0.25) is 0 Å². The Hall–Kier alpha value is -2.09.